The first-order valence-corrected chi connectivity index (χ1v) is 9.99. The van der Waals surface area contributed by atoms with Gasteiger partial charge in [-0.25, -0.2) is 0 Å². The van der Waals surface area contributed by atoms with Gasteiger partial charge in [0.1, 0.15) is 5.15 Å². The average Bonchev–Trinajstić information content (AvgIpc) is 2.85. The molecule has 2 aliphatic rings. The largest absolute Gasteiger partial charge is 0.309 e. The standard InChI is InChI=1S/C20H27ClN4O/c1-4-6-17-14-9-15(18-7-5-8-19(26)25(17)18)11-24(10-14)12-16-13(2)22-23(3)20(16)21/h5,7-8,14-15,17H,4,6,9-12H2,1-3H3/t14-,15+,17-/m0/s1. The molecule has 140 valence electrons. The second-order valence-corrected chi connectivity index (χ2v) is 8.24. The van der Waals surface area contributed by atoms with Crippen LogP contribution in [-0.2, 0) is 13.6 Å². The van der Waals surface area contributed by atoms with Crippen molar-refractivity contribution in [2.24, 2.45) is 13.0 Å². The number of fused-ring (bicyclic) bond motifs is 4. The highest BCUT2D eigenvalue weighted by molar-refractivity contribution is 6.30. The second kappa shape index (κ2) is 6.86. The number of rotatable bonds is 4. The van der Waals surface area contributed by atoms with Crippen LogP contribution in [0.2, 0.25) is 5.15 Å². The Morgan fingerprint density at radius 3 is 2.81 bits per heavy atom. The van der Waals surface area contributed by atoms with E-state index in [1.165, 1.54) is 12.1 Å². The zero-order valence-electron chi connectivity index (χ0n) is 15.8. The molecule has 4 rings (SSSR count). The third-order valence-corrected chi connectivity index (χ3v) is 6.58. The number of likely N-dealkylation sites (tertiary alicyclic amines) is 1. The van der Waals surface area contributed by atoms with E-state index in [9.17, 15) is 4.79 Å². The molecule has 0 aliphatic carbocycles. The summed E-state index contributed by atoms with van der Waals surface area (Å²) < 4.78 is 3.85. The number of halogens is 1. The Balaban J connectivity index is 1.66. The molecule has 0 N–H and O–H groups in total. The zero-order chi connectivity index (χ0) is 18.4. The third kappa shape index (κ3) is 2.91. The Morgan fingerprint density at radius 2 is 2.12 bits per heavy atom. The summed E-state index contributed by atoms with van der Waals surface area (Å²) in [5.74, 6) is 0.948. The number of nitrogens with zero attached hydrogens (tertiary/aromatic N) is 4. The predicted molar refractivity (Wildman–Crippen MR) is 104 cm³/mol. The number of aryl methyl sites for hydroxylation is 2. The van der Waals surface area contributed by atoms with E-state index >= 15 is 0 Å². The molecular weight excluding hydrogens is 348 g/mol. The quantitative estimate of drug-likeness (QED) is 0.822. The number of hydrogen-bond donors (Lipinski definition) is 0. The fourth-order valence-electron chi connectivity index (χ4n) is 5.01. The molecule has 0 unspecified atom stereocenters. The van der Waals surface area contributed by atoms with E-state index in [-0.39, 0.29) is 5.56 Å². The van der Waals surface area contributed by atoms with Crippen LogP contribution in [0.5, 0.6) is 0 Å². The lowest BCUT2D eigenvalue weighted by atomic mass is 9.77. The van der Waals surface area contributed by atoms with Gasteiger partial charge in [-0.1, -0.05) is 31.0 Å². The molecule has 0 aromatic carbocycles. The van der Waals surface area contributed by atoms with E-state index in [0.29, 0.717) is 17.9 Å². The van der Waals surface area contributed by atoms with Gasteiger partial charge < -0.3 is 4.57 Å². The summed E-state index contributed by atoms with van der Waals surface area (Å²) in [5.41, 5.74) is 3.52. The van der Waals surface area contributed by atoms with Gasteiger partial charge in [-0.2, -0.15) is 5.10 Å². The molecule has 1 fully saturated rings. The van der Waals surface area contributed by atoms with Gasteiger partial charge in [0.15, 0.2) is 0 Å². The monoisotopic (exact) mass is 374 g/mol. The topological polar surface area (TPSA) is 43.1 Å². The molecule has 0 spiro atoms. The maximum absolute atomic E-state index is 12.6. The Bertz CT molecular complexity index is 871. The molecule has 0 amide bonds. The van der Waals surface area contributed by atoms with Crippen LogP contribution < -0.4 is 5.56 Å². The van der Waals surface area contributed by atoms with Crippen molar-refractivity contribution in [3.8, 4) is 0 Å². The summed E-state index contributed by atoms with van der Waals surface area (Å²) in [7, 11) is 1.89. The van der Waals surface area contributed by atoms with Crippen LogP contribution >= 0.6 is 11.6 Å². The Morgan fingerprint density at radius 1 is 1.31 bits per heavy atom. The number of hydrogen-bond acceptors (Lipinski definition) is 3. The SMILES string of the molecule is CCC[C@H]1[C@H]2C[C@H](CN(Cc3c(C)nn(C)c3Cl)C2)c2cccc(=O)n21. The van der Waals surface area contributed by atoms with Gasteiger partial charge in [0.05, 0.1) is 5.69 Å². The van der Waals surface area contributed by atoms with Crippen molar-refractivity contribution in [1.82, 2.24) is 19.2 Å². The fraction of sp³-hybridized carbons (Fsp3) is 0.600. The van der Waals surface area contributed by atoms with E-state index in [1.54, 1.807) is 10.7 Å². The Kier molecular flexibility index (Phi) is 4.70. The lowest BCUT2D eigenvalue weighted by Crippen LogP contribution is -2.49. The predicted octanol–water partition coefficient (Wildman–Crippen LogP) is 3.50. The van der Waals surface area contributed by atoms with Crippen LogP contribution in [0.25, 0.3) is 0 Å². The molecule has 2 aliphatic heterocycles. The molecule has 2 aromatic rings. The molecule has 0 saturated carbocycles. The lowest BCUT2D eigenvalue weighted by molar-refractivity contribution is 0.0816. The lowest BCUT2D eigenvalue weighted by Gasteiger charge is -2.47. The van der Waals surface area contributed by atoms with Gasteiger partial charge in [0, 0.05) is 56.0 Å². The van der Waals surface area contributed by atoms with Crippen molar-refractivity contribution in [3.63, 3.8) is 0 Å². The van der Waals surface area contributed by atoms with E-state index in [0.717, 1.165) is 48.9 Å². The molecule has 6 heteroatoms. The Hall–Kier alpha value is -1.59. The van der Waals surface area contributed by atoms with E-state index in [2.05, 4.69) is 27.6 Å². The van der Waals surface area contributed by atoms with Crippen molar-refractivity contribution in [2.75, 3.05) is 13.1 Å². The first-order chi connectivity index (χ1) is 12.5. The molecule has 3 atom stereocenters. The highest BCUT2D eigenvalue weighted by atomic mass is 35.5. The summed E-state index contributed by atoms with van der Waals surface area (Å²) in [6.07, 6.45) is 3.35. The number of piperidine rings is 1. The highest BCUT2D eigenvalue weighted by Crippen LogP contribution is 2.43. The summed E-state index contributed by atoms with van der Waals surface area (Å²) in [4.78, 5) is 15.1. The van der Waals surface area contributed by atoms with Crippen molar-refractivity contribution in [1.29, 1.82) is 0 Å². The summed E-state index contributed by atoms with van der Waals surface area (Å²) in [6, 6.07) is 6.09. The van der Waals surface area contributed by atoms with Crippen molar-refractivity contribution >= 4 is 11.6 Å². The van der Waals surface area contributed by atoms with Gasteiger partial charge >= 0.3 is 0 Å². The zero-order valence-corrected chi connectivity index (χ0v) is 16.5. The van der Waals surface area contributed by atoms with E-state index < -0.39 is 0 Å². The average molecular weight is 375 g/mol. The molecule has 0 radical (unpaired) electrons. The van der Waals surface area contributed by atoms with Crippen molar-refractivity contribution in [2.45, 2.75) is 51.6 Å². The van der Waals surface area contributed by atoms with E-state index in [1.807, 2.05) is 20.0 Å². The summed E-state index contributed by atoms with van der Waals surface area (Å²) in [6.45, 7) is 7.07. The minimum absolute atomic E-state index is 0.162. The molecule has 4 heterocycles. The van der Waals surface area contributed by atoms with Gasteiger partial charge in [0.2, 0.25) is 0 Å². The number of pyridine rings is 1. The second-order valence-electron chi connectivity index (χ2n) is 7.88. The minimum atomic E-state index is 0.162. The van der Waals surface area contributed by atoms with Crippen molar-refractivity contribution in [3.05, 3.63) is 50.7 Å². The molecule has 1 saturated heterocycles. The Labute approximate surface area is 159 Å². The van der Waals surface area contributed by atoms with Gasteiger partial charge in [-0.05, 0) is 31.7 Å². The van der Waals surface area contributed by atoms with Crippen molar-refractivity contribution < 1.29 is 0 Å². The molecular formula is C20H27ClN4O. The van der Waals surface area contributed by atoms with E-state index in [4.69, 9.17) is 11.6 Å². The van der Waals surface area contributed by atoms with Crippen LogP contribution in [-0.4, -0.2) is 32.3 Å². The highest BCUT2D eigenvalue weighted by Gasteiger charge is 2.40. The molecule has 2 bridgehead atoms. The normalized spacial score (nSPS) is 25.3. The first kappa shape index (κ1) is 17.8. The van der Waals surface area contributed by atoms with Gasteiger partial charge in [-0.15, -0.1) is 0 Å². The molecule has 2 aromatic heterocycles. The molecule has 26 heavy (non-hydrogen) atoms. The smallest absolute Gasteiger partial charge is 0.250 e. The third-order valence-electron chi connectivity index (χ3n) is 6.11. The van der Waals surface area contributed by atoms with Gasteiger partial charge in [0.25, 0.3) is 5.56 Å². The maximum Gasteiger partial charge on any atom is 0.250 e. The van der Waals surface area contributed by atoms with Crippen LogP contribution in [0.1, 0.15) is 55.1 Å². The minimum Gasteiger partial charge on any atom is -0.309 e. The summed E-state index contributed by atoms with van der Waals surface area (Å²) in [5, 5.41) is 5.19. The van der Waals surface area contributed by atoms with Crippen LogP contribution in [0.15, 0.2) is 23.0 Å². The van der Waals surface area contributed by atoms with Crippen LogP contribution in [0.4, 0.5) is 0 Å². The number of aromatic nitrogens is 3. The molecule has 5 nitrogen and oxygen atoms in total. The fourth-order valence-corrected chi connectivity index (χ4v) is 5.24. The van der Waals surface area contributed by atoms with Crippen LogP contribution in [0.3, 0.4) is 0 Å². The van der Waals surface area contributed by atoms with Crippen LogP contribution in [0, 0.1) is 12.8 Å². The maximum atomic E-state index is 12.6. The summed E-state index contributed by atoms with van der Waals surface area (Å²) >= 11 is 6.46. The van der Waals surface area contributed by atoms with Gasteiger partial charge in [-0.3, -0.25) is 14.4 Å². The first-order valence-electron chi connectivity index (χ1n) is 9.61.